The molecule has 0 aliphatic carbocycles. The standard InChI is InChI=1S/C17H12O5/c18-14-9-15(11-4-2-1-3-5-11)22-16-8-12(6-7-13(14)16)21-10-17(19)20/h1-9H,10H2,(H,19,20). The maximum absolute atomic E-state index is 12.2. The van der Waals surface area contributed by atoms with Gasteiger partial charge in [0.15, 0.2) is 12.0 Å². The molecule has 110 valence electrons. The van der Waals surface area contributed by atoms with Crippen LogP contribution < -0.4 is 10.2 Å². The first-order valence-electron chi connectivity index (χ1n) is 6.61. The van der Waals surface area contributed by atoms with Crippen molar-refractivity contribution in [2.45, 2.75) is 0 Å². The molecule has 5 nitrogen and oxygen atoms in total. The Morgan fingerprint density at radius 2 is 1.86 bits per heavy atom. The van der Waals surface area contributed by atoms with E-state index in [0.29, 0.717) is 22.5 Å². The topological polar surface area (TPSA) is 76.7 Å². The van der Waals surface area contributed by atoms with E-state index in [9.17, 15) is 9.59 Å². The van der Waals surface area contributed by atoms with E-state index in [1.165, 1.54) is 12.1 Å². The molecule has 0 spiro atoms. The molecule has 1 N–H and O–H groups in total. The minimum absolute atomic E-state index is 0.162. The van der Waals surface area contributed by atoms with Gasteiger partial charge in [0, 0.05) is 17.7 Å². The predicted octanol–water partition coefficient (Wildman–Crippen LogP) is 2.92. The van der Waals surface area contributed by atoms with Gasteiger partial charge < -0.3 is 14.3 Å². The number of fused-ring (bicyclic) bond motifs is 1. The number of ether oxygens (including phenoxy) is 1. The van der Waals surface area contributed by atoms with E-state index in [0.717, 1.165) is 5.56 Å². The second-order valence-electron chi connectivity index (χ2n) is 4.68. The van der Waals surface area contributed by atoms with Crippen molar-refractivity contribution in [3.05, 3.63) is 64.8 Å². The number of rotatable bonds is 4. The van der Waals surface area contributed by atoms with E-state index in [1.54, 1.807) is 12.1 Å². The van der Waals surface area contributed by atoms with Gasteiger partial charge in [0.2, 0.25) is 0 Å². The van der Waals surface area contributed by atoms with Crippen molar-refractivity contribution in [3.63, 3.8) is 0 Å². The number of carboxylic acids is 1. The van der Waals surface area contributed by atoms with Crippen LogP contribution in [-0.4, -0.2) is 17.7 Å². The number of aliphatic carboxylic acids is 1. The molecule has 0 bridgehead atoms. The maximum atomic E-state index is 12.2. The van der Waals surface area contributed by atoms with Crippen LogP contribution in [0.2, 0.25) is 0 Å². The molecule has 2 aromatic carbocycles. The van der Waals surface area contributed by atoms with Gasteiger partial charge in [-0.15, -0.1) is 0 Å². The zero-order valence-corrected chi connectivity index (χ0v) is 11.5. The Bertz CT molecular complexity index is 880. The summed E-state index contributed by atoms with van der Waals surface area (Å²) in [7, 11) is 0. The number of benzene rings is 2. The second kappa shape index (κ2) is 5.73. The lowest BCUT2D eigenvalue weighted by atomic mass is 10.1. The van der Waals surface area contributed by atoms with Gasteiger partial charge in [-0.1, -0.05) is 30.3 Å². The van der Waals surface area contributed by atoms with E-state index in [2.05, 4.69) is 0 Å². The van der Waals surface area contributed by atoms with E-state index in [1.807, 2.05) is 30.3 Å². The molecule has 0 saturated carbocycles. The smallest absolute Gasteiger partial charge is 0.341 e. The third-order valence-corrected chi connectivity index (χ3v) is 3.12. The van der Waals surface area contributed by atoms with Gasteiger partial charge in [-0.2, -0.15) is 0 Å². The molecule has 0 fully saturated rings. The lowest BCUT2D eigenvalue weighted by Crippen LogP contribution is -2.09. The highest BCUT2D eigenvalue weighted by molar-refractivity contribution is 5.80. The largest absolute Gasteiger partial charge is 0.482 e. The van der Waals surface area contributed by atoms with Gasteiger partial charge in [-0.25, -0.2) is 4.79 Å². The third-order valence-electron chi connectivity index (χ3n) is 3.12. The lowest BCUT2D eigenvalue weighted by molar-refractivity contribution is -0.139. The molecule has 0 unspecified atom stereocenters. The Balaban J connectivity index is 2.07. The van der Waals surface area contributed by atoms with Crippen molar-refractivity contribution in [1.29, 1.82) is 0 Å². The molecular formula is C17H12O5. The van der Waals surface area contributed by atoms with Gasteiger partial charge in [-0.05, 0) is 12.1 Å². The Morgan fingerprint density at radius 3 is 2.59 bits per heavy atom. The highest BCUT2D eigenvalue weighted by Gasteiger charge is 2.08. The van der Waals surface area contributed by atoms with Crippen LogP contribution in [0.3, 0.4) is 0 Å². The highest BCUT2D eigenvalue weighted by Crippen LogP contribution is 2.24. The second-order valence-corrected chi connectivity index (χ2v) is 4.68. The van der Waals surface area contributed by atoms with Crippen LogP contribution in [0.5, 0.6) is 5.75 Å². The van der Waals surface area contributed by atoms with Gasteiger partial charge in [0.25, 0.3) is 0 Å². The van der Waals surface area contributed by atoms with Crippen LogP contribution in [0.15, 0.2) is 63.8 Å². The summed E-state index contributed by atoms with van der Waals surface area (Å²) >= 11 is 0. The summed E-state index contributed by atoms with van der Waals surface area (Å²) in [5.74, 6) is -0.281. The average Bonchev–Trinajstić information content (AvgIpc) is 2.53. The lowest BCUT2D eigenvalue weighted by Gasteiger charge is -2.06. The van der Waals surface area contributed by atoms with Gasteiger partial charge in [0.1, 0.15) is 17.1 Å². The Morgan fingerprint density at radius 1 is 1.09 bits per heavy atom. The fourth-order valence-electron chi connectivity index (χ4n) is 2.11. The average molecular weight is 296 g/mol. The molecule has 0 aliphatic rings. The van der Waals surface area contributed by atoms with Gasteiger partial charge >= 0.3 is 5.97 Å². The zero-order valence-electron chi connectivity index (χ0n) is 11.5. The third kappa shape index (κ3) is 2.83. The summed E-state index contributed by atoms with van der Waals surface area (Å²) in [5.41, 5.74) is 0.984. The van der Waals surface area contributed by atoms with Crippen molar-refractivity contribution in [2.75, 3.05) is 6.61 Å². The monoisotopic (exact) mass is 296 g/mol. The molecule has 1 aromatic heterocycles. The quantitative estimate of drug-likeness (QED) is 0.801. The minimum Gasteiger partial charge on any atom is -0.482 e. The minimum atomic E-state index is -1.07. The molecule has 3 aromatic rings. The molecule has 3 rings (SSSR count). The maximum Gasteiger partial charge on any atom is 0.341 e. The Hall–Kier alpha value is -3.08. The van der Waals surface area contributed by atoms with E-state index in [4.69, 9.17) is 14.3 Å². The summed E-state index contributed by atoms with van der Waals surface area (Å²) in [4.78, 5) is 22.7. The number of carboxylic acid groups (broad SMARTS) is 1. The summed E-state index contributed by atoms with van der Waals surface area (Å²) in [6.45, 7) is -0.450. The van der Waals surface area contributed by atoms with Crippen molar-refractivity contribution < 1.29 is 19.1 Å². The Labute approximate surface area is 125 Å². The van der Waals surface area contributed by atoms with Crippen LogP contribution in [0, 0.1) is 0 Å². The van der Waals surface area contributed by atoms with Crippen molar-refractivity contribution in [2.24, 2.45) is 0 Å². The number of hydrogen-bond donors (Lipinski definition) is 1. The first-order valence-corrected chi connectivity index (χ1v) is 6.61. The number of hydrogen-bond acceptors (Lipinski definition) is 4. The number of carbonyl (C=O) groups is 1. The van der Waals surface area contributed by atoms with Crippen LogP contribution >= 0.6 is 0 Å². The van der Waals surface area contributed by atoms with Crippen molar-refractivity contribution in [3.8, 4) is 17.1 Å². The Kier molecular flexibility index (Phi) is 3.62. The first kappa shape index (κ1) is 13.9. The van der Waals surface area contributed by atoms with E-state index >= 15 is 0 Å². The molecule has 0 radical (unpaired) electrons. The summed E-state index contributed by atoms with van der Waals surface area (Å²) in [5, 5.41) is 9.05. The summed E-state index contributed by atoms with van der Waals surface area (Å²) < 4.78 is 10.8. The molecule has 0 atom stereocenters. The van der Waals surface area contributed by atoms with Gasteiger partial charge in [0.05, 0.1) is 5.39 Å². The SMILES string of the molecule is O=C(O)COc1ccc2c(=O)cc(-c3ccccc3)oc2c1. The normalized spacial score (nSPS) is 10.5. The molecule has 1 heterocycles. The molecule has 22 heavy (non-hydrogen) atoms. The molecular weight excluding hydrogens is 284 g/mol. The van der Waals surface area contributed by atoms with Gasteiger partial charge in [-0.3, -0.25) is 4.79 Å². The summed E-state index contributed by atoms with van der Waals surface area (Å²) in [6, 6.07) is 15.3. The summed E-state index contributed by atoms with van der Waals surface area (Å²) in [6.07, 6.45) is 0. The molecule has 0 amide bonds. The molecule has 0 saturated heterocycles. The van der Waals surface area contributed by atoms with Crippen LogP contribution in [0.25, 0.3) is 22.3 Å². The van der Waals surface area contributed by atoms with Crippen molar-refractivity contribution in [1.82, 2.24) is 0 Å². The zero-order chi connectivity index (χ0) is 15.5. The predicted molar refractivity (Wildman–Crippen MR) is 81.1 cm³/mol. The fraction of sp³-hybridized carbons (Fsp3) is 0.0588. The molecule has 5 heteroatoms. The van der Waals surface area contributed by atoms with Crippen LogP contribution in [0.4, 0.5) is 0 Å². The highest BCUT2D eigenvalue weighted by atomic mass is 16.5. The van der Waals surface area contributed by atoms with Crippen LogP contribution in [0.1, 0.15) is 0 Å². The van der Waals surface area contributed by atoms with Crippen molar-refractivity contribution >= 4 is 16.9 Å². The van der Waals surface area contributed by atoms with E-state index in [-0.39, 0.29) is 5.43 Å². The van der Waals surface area contributed by atoms with Crippen LogP contribution in [-0.2, 0) is 4.79 Å². The fourth-order valence-corrected chi connectivity index (χ4v) is 2.11. The molecule has 0 aliphatic heterocycles. The van der Waals surface area contributed by atoms with E-state index < -0.39 is 12.6 Å². The first-order chi connectivity index (χ1) is 10.6.